The maximum Gasteiger partial charge on any atom is 0.513 e. The molecule has 0 bridgehead atoms. The fourth-order valence-corrected chi connectivity index (χ4v) is 14.1. The van der Waals surface area contributed by atoms with E-state index in [1.54, 1.807) is 6.07 Å². The average Bonchev–Trinajstić information content (AvgIpc) is 3.27. The van der Waals surface area contributed by atoms with Crippen molar-refractivity contribution in [3.05, 3.63) is 33.1 Å². The molecule has 23 heteroatoms. The summed E-state index contributed by atoms with van der Waals surface area (Å²) in [4.78, 5) is 62.3. The Morgan fingerprint density at radius 2 is 1.84 bits per heavy atom. The van der Waals surface area contributed by atoms with Gasteiger partial charge in [-0.05, 0) is 0 Å². The van der Waals surface area contributed by atoms with Gasteiger partial charge in [0.1, 0.15) is 37.6 Å². The third-order valence-corrected chi connectivity index (χ3v) is 16.7. The number of phosphoric ester groups is 2. The van der Waals surface area contributed by atoms with Gasteiger partial charge in [0.2, 0.25) is 5.91 Å². The number of aromatic nitrogens is 2. The highest BCUT2D eigenvalue weighted by Crippen LogP contribution is 2.67. The molecule has 3 fully saturated rings. The van der Waals surface area contributed by atoms with E-state index in [4.69, 9.17) is 41.5 Å². The molecule has 3 aliphatic rings. The fourth-order valence-electron chi connectivity index (χ4n) is 6.44. The molecule has 0 aromatic carbocycles. The van der Waals surface area contributed by atoms with Crippen molar-refractivity contribution >= 4 is 30.5 Å². The summed E-state index contributed by atoms with van der Waals surface area (Å²) in [5.74, 6) is -0.514. The van der Waals surface area contributed by atoms with Gasteiger partial charge in [-0.25, -0.2) is 9.36 Å². The molecule has 0 saturated carbocycles. The van der Waals surface area contributed by atoms with Crippen LogP contribution in [0.5, 0.6) is 0 Å². The lowest BCUT2D eigenvalue weighted by molar-refractivity contribution is -0.248. The van der Waals surface area contributed by atoms with Crippen LogP contribution in [0.1, 0.15) is 67.5 Å². The zero-order chi connectivity index (χ0) is 38.2. The molecule has 1 amide bonds. The zero-order valence-corrected chi connectivity index (χ0v) is 32.0. The number of nitrogens with one attached hydrogen (secondary N) is 2. The lowest BCUT2D eigenvalue weighted by Gasteiger charge is -2.56. The second kappa shape index (κ2) is 15.8. The summed E-state index contributed by atoms with van der Waals surface area (Å²) in [5.41, 5.74) is -1.68. The van der Waals surface area contributed by atoms with Gasteiger partial charge in [0, 0.05) is 35.7 Å². The number of hydrogen-bond donors (Lipinski definition) is 5. The first-order valence-corrected chi connectivity index (χ1v) is 20.8. The van der Waals surface area contributed by atoms with Gasteiger partial charge in [0.05, 0.1) is 31.2 Å². The van der Waals surface area contributed by atoms with Crippen LogP contribution in [0.2, 0.25) is 10.1 Å². The number of rotatable bonds is 12. The van der Waals surface area contributed by atoms with E-state index in [0.717, 1.165) is 16.8 Å². The Morgan fingerprint density at radius 3 is 2.43 bits per heavy atom. The Morgan fingerprint density at radius 1 is 1.18 bits per heavy atom. The summed E-state index contributed by atoms with van der Waals surface area (Å²) < 4.78 is 59.3. The summed E-state index contributed by atoms with van der Waals surface area (Å²) in [7, 11) is -13.6. The number of nitrogens with zero attached hydrogens (tertiary/aromatic N) is 2. The number of fused-ring (bicyclic) bond motifs is 1. The van der Waals surface area contributed by atoms with Gasteiger partial charge in [0.15, 0.2) is 12.5 Å². The minimum Gasteiger partial charge on any atom is -0.606 e. The molecule has 20 nitrogen and oxygen atoms in total. The first-order valence-electron chi connectivity index (χ1n) is 16.1. The molecule has 3 aliphatic heterocycles. The van der Waals surface area contributed by atoms with Crippen molar-refractivity contribution in [1.82, 2.24) is 14.9 Å². The molecule has 1 aromatic heterocycles. The molecular weight excluding hydrogens is 738 g/mol. The maximum absolute atomic E-state index is 13.7. The summed E-state index contributed by atoms with van der Waals surface area (Å²) in [6, 6.07) is 1.66. The minimum atomic E-state index is -5.47. The number of hydrogen-bond acceptors (Lipinski definition) is 16. The highest BCUT2D eigenvalue weighted by atomic mass is 31.3. The van der Waals surface area contributed by atoms with E-state index in [2.05, 4.69) is 5.32 Å². The second-order valence-electron chi connectivity index (χ2n) is 14.4. The number of aromatic amines is 1. The molecule has 288 valence electrons. The predicted octanol–water partition coefficient (Wildman–Crippen LogP) is 0.352. The maximum atomic E-state index is 13.7. The first kappa shape index (κ1) is 41.8. The fraction of sp³-hybridized carbons (Fsp3) is 0.786. The lowest BCUT2D eigenvalue weighted by Crippen LogP contribution is -2.68. The molecule has 2 unspecified atom stereocenters. The third kappa shape index (κ3) is 9.59. The van der Waals surface area contributed by atoms with Crippen molar-refractivity contribution < 1.29 is 65.6 Å². The van der Waals surface area contributed by atoms with E-state index in [1.807, 2.05) is 46.5 Å². The van der Waals surface area contributed by atoms with Gasteiger partial charge in [-0.2, -0.15) is 14.3 Å². The number of nitriles is 1. The van der Waals surface area contributed by atoms with Crippen LogP contribution in [0.4, 0.5) is 0 Å². The molecule has 51 heavy (non-hydrogen) atoms. The Hall–Kier alpha value is -1.96. The Bertz CT molecular complexity index is 1600. The van der Waals surface area contributed by atoms with Crippen LogP contribution in [-0.2, 0) is 45.6 Å². The van der Waals surface area contributed by atoms with E-state index in [0.29, 0.717) is 0 Å². The number of carbonyl (C=O) groups excluding carboxylic acids is 1. The van der Waals surface area contributed by atoms with Gasteiger partial charge in [0.25, 0.3) is 5.56 Å². The topological polar surface area (TPSA) is 282 Å². The van der Waals surface area contributed by atoms with Crippen LogP contribution >= 0.6 is 16.0 Å². The molecule has 0 radical (unpaired) electrons. The largest absolute Gasteiger partial charge is 0.606 e. The van der Waals surface area contributed by atoms with Crippen LogP contribution < -0.4 is 21.5 Å². The van der Waals surface area contributed by atoms with Crippen LogP contribution in [0.25, 0.3) is 0 Å². The zero-order valence-electron chi connectivity index (χ0n) is 29.2. The lowest BCUT2D eigenvalue weighted by atomic mass is 10.0. The first-order chi connectivity index (χ1) is 23.5. The van der Waals surface area contributed by atoms with Crippen molar-refractivity contribution in [2.45, 2.75) is 120 Å². The molecule has 0 spiro atoms. The number of amides is 1. The van der Waals surface area contributed by atoms with Gasteiger partial charge in [-0.1, -0.05) is 45.9 Å². The van der Waals surface area contributed by atoms with Gasteiger partial charge >= 0.3 is 30.2 Å². The van der Waals surface area contributed by atoms with E-state index in [-0.39, 0.29) is 29.5 Å². The highest BCUT2D eigenvalue weighted by molar-refractivity contribution is 7.64. The average molecular weight is 785 g/mol. The van der Waals surface area contributed by atoms with Crippen LogP contribution in [0.15, 0.2) is 21.9 Å². The number of H-pyrrole nitrogens is 1. The van der Waals surface area contributed by atoms with Gasteiger partial charge in [-0.15, -0.1) is 0 Å². The van der Waals surface area contributed by atoms with E-state index < -0.39 is 104 Å². The van der Waals surface area contributed by atoms with Gasteiger partial charge in [-0.3, -0.25) is 23.7 Å². The standard InChI is InChI=1S/C28H46N4O16P2Si/c1-16(33)30-17-13-18-19(15-43-51(47-18,27(2,3)4)28(5,6)7)45-25(17)46-49(38,39)48-50(40,41-12-8-10-29)42-14-20-22(35)23(36)24(44-20)32-11-9-21(34)31-26(32)37/h9,11,17-20,22-25,35-36H,8,12-15H2,1-7H3,(H,30,33)(H,38,39)(H,31,34,37)/t17-,18+,19-,20-,22-,23-,24-,25-,50?/m1/s1. The van der Waals surface area contributed by atoms with Gasteiger partial charge < -0.3 is 43.6 Å². The third-order valence-electron chi connectivity index (χ3n) is 8.43. The van der Waals surface area contributed by atoms with Crippen LogP contribution in [0, 0.1) is 11.3 Å². The van der Waals surface area contributed by atoms with Crippen molar-refractivity contribution in [1.29, 1.82) is 5.26 Å². The van der Waals surface area contributed by atoms with Crippen molar-refractivity contribution in [2.75, 3.05) is 19.8 Å². The Labute approximate surface area is 295 Å². The van der Waals surface area contributed by atoms with E-state index in [1.165, 1.54) is 6.92 Å². The molecular formula is C28H46N4O16P2Si. The number of ether oxygens (including phenoxy) is 2. The smallest absolute Gasteiger partial charge is 0.513 e. The summed E-state index contributed by atoms with van der Waals surface area (Å²) in [6.45, 7) is 11.9. The predicted molar refractivity (Wildman–Crippen MR) is 175 cm³/mol. The summed E-state index contributed by atoms with van der Waals surface area (Å²) in [6.07, 6.45) is -8.78. The molecule has 1 aromatic rings. The SMILES string of the molecule is CC(=O)N[C@@H]1C[C@@H]2O[Si](C(C)(C)C)(C(C)(C)C)OC[C@H]2O[C@@H]1OP(=O)(O)O[P+]([O-])(OCCC#N)OC[C@H]1O[C@@H](n2ccc(=O)[nH]c2=O)[C@H](O)[C@@H]1O. The van der Waals surface area contributed by atoms with Crippen LogP contribution in [0.3, 0.4) is 0 Å². The van der Waals surface area contributed by atoms with Crippen LogP contribution in [-0.4, -0.2) is 102 Å². The Balaban J connectivity index is 1.49. The molecule has 4 heterocycles. The second-order valence-corrected chi connectivity index (χ2v) is 22.3. The van der Waals surface area contributed by atoms with Crippen molar-refractivity contribution in [3.8, 4) is 6.07 Å². The molecule has 5 N–H and O–H groups in total. The summed E-state index contributed by atoms with van der Waals surface area (Å²) >= 11 is 0. The highest BCUT2D eigenvalue weighted by Gasteiger charge is 2.63. The quantitative estimate of drug-likeness (QED) is 0.109. The Kier molecular flexibility index (Phi) is 12.9. The number of carbonyl (C=O) groups is 1. The number of aliphatic hydroxyl groups excluding tert-OH is 2. The molecule has 4 rings (SSSR count). The van der Waals surface area contributed by atoms with E-state index in [9.17, 15) is 38.9 Å². The normalized spacial score (nSPS) is 31.9. The summed E-state index contributed by atoms with van der Waals surface area (Å²) in [5, 5.41) is 31.9. The number of phosphoric acid groups is 2. The molecule has 0 aliphatic carbocycles. The van der Waals surface area contributed by atoms with Crippen molar-refractivity contribution in [2.24, 2.45) is 0 Å². The van der Waals surface area contributed by atoms with E-state index >= 15 is 0 Å². The van der Waals surface area contributed by atoms with Crippen molar-refractivity contribution in [3.63, 3.8) is 0 Å². The minimum absolute atomic E-state index is 0.0509. The number of aliphatic hydroxyl groups is 2. The monoisotopic (exact) mass is 784 g/mol. The molecule has 10 atom stereocenters. The molecule has 3 saturated heterocycles.